The number of rotatable bonds is 7. The standard InChI is InChI=1S/C20H22N4O4S2/c1-13(2)21-19(27)23(3)15-4-6-16(7-5-15)28-18(26)12-29-11-14-10-17(25)24-8-9-30-20(24)22-14/h4-10,13H,11-12H2,1-3H3,(H,21,27). The number of anilines is 1. The lowest BCUT2D eigenvalue weighted by molar-refractivity contribution is -0.131. The normalized spacial score (nSPS) is 10.9. The molecule has 2 aromatic heterocycles. The number of thiazole rings is 1. The number of amides is 2. The van der Waals surface area contributed by atoms with Gasteiger partial charge in [0.25, 0.3) is 5.56 Å². The lowest BCUT2D eigenvalue weighted by atomic mass is 10.3. The number of hydrogen-bond acceptors (Lipinski definition) is 7. The average Bonchev–Trinajstić information content (AvgIpc) is 3.17. The summed E-state index contributed by atoms with van der Waals surface area (Å²) in [5.74, 6) is 0.572. The predicted octanol–water partition coefficient (Wildman–Crippen LogP) is 3.15. The first kappa shape index (κ1) is 21.8. The molecule has 0 spiro atoms. The molecule has 3 rings (SSSR count). The summed E-state index contributed by atoms with van der Waals surface area (Å²) in [5.41, 5.74) is 1.18. The molecule has 0 atom stereocenters. The Labute approximate surface area is 181 Å². The molecule has 1 N–H and O–H groups in total. The van der Waals surface area contributed by atoms with Crippen molar-refractivity contribution in [1.29, 1.82) is 0 Å². The first-order chi connectivity index (χ1) is 14.3. The first-order valence-corrected chi connectivity index (χ1v) is 11.3. The maximum atomic E-state index is 12.1. The molecule has 2 amide bonds. The van der Waals surface area contributed by atoms with E-state index in [1.807, 2.05) is 13.8 Å². The van der Waals surface area contributed by atoms with Crippen molar-refractivity contribution in [3.05, 3.63) is 58.0 Å². The van der Waals surface area contributed by atoms with Crippen LogP contribution in [0.15, 0.2) is 46.7 Å². The molecule has 8 nitrogen and oxygen atoms in total. The van der Waals surface area contributed by atoms with Crippen LogP contribution in [0.5, 0.6) is 5.75 Å². The summed E-state index contributed by atoms with van der Waals surface area (Å²) >= 11 is 2.72. The number of aromatic nitrogens is 2. The number of benzene rings is 1. The Morgan fingerprint density at radius 3 is 2.73 bits per heavy atom. The molecule has 0 bridgehead atoms. The van der Waals surface area contributed by atoms with Crippen LogP contribution in [0.2, 0.25) is 0 Å². The topological polar surface area (TPSA) is 93.0 Å². The van der Waals surface area contributed by atoms with E-state index in [0.29, 0.717) is 27.8 Å². The highest BCUT2D eigenvalue weighted by Crippen LogP contribution is 2.20. The number of nitrogens with zero attached hydrogens (tertiary/aromatic N) is 3. The Morgan fingerprint density at radius 2 is 2.03 bits per heavy atom. The lowest BCUT2D eigenvalue weighted by Crippen LogP contribution is -2.40. The number of urea groups is 1. The average molecular weight is 447 g/mol. The van der Waals surface area contributed by atoms with Gasteiger partial charge in [0.2, 0.25) is 0 Å². The predicted molar refractivity (Wildman–Crippen MR) is 120 cm³/mol. The summed E-state index contributed by atoms with van der Waals surface area (Å²) < 4.78 is 6.82. The fourth-order valence-corrected chi connectivity index (χ4v) is 3.98. The molecule has 0 saturated carbocycles. The van der Waals surface area contributed by atoms with Gasteiger partial charge in [-0.05, 0) is 38.1 Å². The molecule has 2 heterocycles. The monoisotopic (exact) mass is 446 g/mol. The summed E-state index contributed by atoms with van der Waals surface area (Å²) in [6.45, 7) is 3.78. The summed E-state index contributed by atoms with van der Waals surface area (Å²) in [7, 11) is 1.67. The van der Waals surface area contributed by atoms with Crippen LogP contribution in [0.4, 0.5) is 10.5 Å². The maximum absolute atomic E-state index is 12.1. The van der Waals surface area contributed by atoms with Crippen LogP contribution < -0.4 is 20.5 Å². The highest BCUT2D eigenvalue weighted by Gasteiger charge is 2.12. The number of esters is 1. The Hall–Kier alpha value is -2.85. The fourth-order valence-electron chi connectivity index (χ4n) is 2.56. The highest BCUT2D eigenvalue weighted by molar-refractivity contribution is 7.99. The lowest BCUT2D eigenvalue weighted by Gasteiger charge is -2.20. The van der Waals surface area contributed by atoms with Gasteiger partial charge in [0.1, 0.15) is 5.75 Å². The Morgan fingerprint density at radius 1 is 1.30 bits per heavy atom. The molecule has 10 heteroatoms. The van der Waals surface area contributed by atoms with Crippen molar-refractivity contribution in [1.82, 2.24) is 14.7 Å². The summed E-state index contributed by atoms with van der Waals surface area (Å²) in [5, 5.41) is 4.61. The van der Waals surface area contributed by atoms with E-state index in [2.05, 4.69) is 10.3 Å². The quantitative estimate of drug-likeness (QED) is 0.443. The molecule has 0 radical (unpaired) electrons. The first-order valence-electron chi connectivity index (χ1n) is 9.22. The summed E-state index contributed by atoms with van der Waals surface area (Å²) in [6.07, 6.45) is 1.68. The van der Waals surface area contributed by atoms with Crippen molar-refractivity contribution in [3.63, 3.8) is 0 Å². The van der Waals surface area contributed by atoms with Gasteiger partial charge in [0.05, 0.1) is 11.4 Å². The van der Waals surface area contributed by atoms with E-state index in [4.69, 9.17) is 4.74 Å². The second-order valence-electron chi connectivity index (χ2n) is 6.77. The number of carbonyl (C=O) groups is 2. The largest absolute Gasteiger partial charge is 0.426 e. The maximum Gasteiger partial charge on any atom is 0.321 e. The number of carbonyl (C=O) groups excluding carboxylic acids is 2. The Kier molecular flexibility index (Phi) is 7.11. The molecular formula is C20H22N4O4S2. The van der Waals surface area contributed by atoms with Crippen molar-refractivity contribution in [3.8, 4) is 5.75 Å². The van der Waals surface area contributed by atoms with Gasteiger partial charge in [-0.25, -0.2) is 9.78 Å². The molecule has 0 unspecified atom stereocenters. The van der Waals surface area contributed by atoms with Crippen molar-refractivity contribution in [2.24, 2.45) is 0 Å². The number of thioether (sulfide) groups is 1. The van der Waals surface area contributed by atoms with Crippen LogP contribution in [-0.4, -0.2) is 40.2 Å². The Balaban J connectivity index is 1.49. The summed E-state index contributed by atoms with van der Waals surface area (Å²) in [6, 6.07) is 8.02. The van der Waals surface area contributed by atoms with Gasteiger partial charge in [0.15, 0.2) is 4.96 Å². The Bertz CT molecular complexity index is 1090. The van der Waals surface area contributed by atoms with E-state index in [1.165, 1.54) is 38.5 Å². The molecule has 158 valence electrons. The van der Waals surface area contributed by atoms with Crippen LogP contribution in [-0.2, 0) is 10.5 Å². The third-order valence-electron chi connectivity index (χ3n) is 4.00. The van der Waals surface area contributed by atoms with Gasteiger partial charge in [0, 0.05) is 42.2 Å². The van der Waals surface area contributed by atoms with E-state index >= 15 is 0 Å². The SMILES string of the molecule is CC(C)NC(=O)N(C)c1ccc(OC(=O)CSCc2cc(=O)n3ccsc3n2)cc1. The van der Waals surface area contributed by atoms with Crippen molar-refractivity contribution in [2.75, 3.05) is 17.7 Å². The van der Waals surface area contributed by atoms with Crippen LogP contribution in [0.3, 0.4) is 0 Å². The number of hydrogen-bond donors (Lipinski definition) is 1. The second-order valence-corrected chi connectivity index (χ2v) is 8.62. The van der Waals surface area contributed by atoms with E-state index in [-0.39, 0.29) is 23.4 Å². The molecule has 0 aliphatic carbocycles. The summed E-state index contributed by atoms with van der Waals surface area (Å²) in [4.78, 5) is 42.6. The van der Waals surface area contributed by atoms with Gasteiger partial charge in [-0.2, -0.15) is 0 Å². The molecule has 3 aromatic rings. The van der Waals surface area contributed by atoms with Crippen LogP contribution in [0.25, 0.3) is 4.96 Å². The van der Waals surface area contributed by atoms with Gasteiger partial charge >= 0.3 is 12.0 Å². The molecule has 0 saturated heterocycles. The zero-order valence-corrected chi connectivity index (χ0v) is 18.5. The third kappa shape index (κ3) is 5.61. The molecular weight excluding hydrogens is 424 g/mol. The van der Waals surface area contributed by atoms with Gasteiger partial charge in [-0.15, -0.1) is 23.1 Å². The van der Waals surface area contributed by atoms with Crippen molar-refractivity contribution < 1.29 is 14.3 Å². The second kappa shape index (κ2) is 9.77. The van der Waals surface area contributed by atoms with Gasteiger partial charge in [-0.3, -0.25) is 18.9 Å². The fraction of sp³-hybridized carbons (Fsp3) is 0.300. The third-order valence-corrected chi connectivity index (χ3v) is 5.69. The molecule has 1 aromatic carbocycles. The minimum absolute atomic E-state index is 0.0408. The van der Waals surface area contributed by atoms with Crippen molar-refractivity contribution >= 4 is 45.7 Å². The van der Waals surface area contributed by atoms with Crippen LogP contribution >= 0.6 is 23.1 Å². The molecule has 0 aliphatic rings. The van der Waals surface area contributed by atoms with Gasteiger partial charge < -0.3 is 10.1 Å². The minimum atomic E-state index is -0.396. The van der Waals surface area contributed by atoms with E-state index in [1.54, 1.807) is 42.9 Å². The molecule has 30 heavy (non-hydrogen) atoms. The zero-order valence-electron chi connectivity index (χ0n) is 16.8. The van der Waals surface area contributed by atoms with Crippen LogP contribution in [0, 0.1) is 0 Å². The molecule has 0 aliphatic heterocycles. The van der Waals surface area contributed by atoms with E-state index in [9.17, 15) is 14.4 Å². The number of nitrogens with one attached hydrogen (secondary N) is 1. The number of fused-ring (bicyclic) bond motifs is 1. The van der Waals surface area contributed by atoms with E-state index < -0.39 is 5.97 Å². The smallest absolute Gasteiger partial charge is 0.321 e. The molecule has 0 fully saturated rings. The van der Waals surface area contributed by atoms with Crippen molar-refractivity contribution in [2.45, 2.75) is 25.6 Å². The van der Waals surface area contributed by atoms with E-state index in [0.717, 1.165) is 0 Å². The highest BCUT2D eigenvalue weighted by atomic mass is 32.2. The van der Waals surface area contributed by atoms with Gasteiger partial charge in [-0.1, -0.05) is 0 Å². The minimum Gasteiger partial charge on any atom is -0.426 e. The van der Waals surface area contributed by atoms with Crippen LogP contribution in [0.1, 0.15) is 19.5 Å². The number of ether oxygens (including phenoxy) is 1. The zero-order chi connectivity index (χ0) is 21.7.